The third kappa shape index (κ3) is 4.36. The molecule has 178 valence electrons. The molecule has 34 heavy (non-hydrogen) atoms. The predicted octanol–water partition coefficient (Wildman–Crippen LogP) is 3.32. The first-order valence-corrected chi connectivity index (χ1v) is 12.6. The summed E-state index contributed by atoms with van der Waals surface area (Å²) < 4.78 is 32.7. The van der Waals surface area contributed by atoms with Crippen LogP contribution in [0.25, 0.3) is 22.3 Å². The molecule has 0 saturated carbocycles. The third-order valence-corrected chi connectivity index (χ3v) is 7.91. The van der Waals surface area contributed by atoms with Crippen molar-refractivity contribution < 1.29 is 17.9 Å². The molecule has 2 aromatic carbocycles. The Hall–Kier alpha value is -3.43. The number of nitrogen functional groups attached to an aromatic ring is 1. The van der Waals surface area contributed by atoms with Crippen LogP contribution in [0.2, 0.25) is 0 Å². The number of nitrogens with two attached hydrogens (primary N) is 1. The van der Waals surface area contributed by atoms with Crippen LogP contribution >= 0.6 is 0 Å². The molecule has 0 bridgehead atoms. The Labute approximate surface area is 199 Å². The number of fused-ring (bicyclic) bond motifs is 1. The zero-order valence-electron chi connectivity index (χ0n) is 19.5. The molecule has 1 aliphatic rings. The standard InChI is InChI=1S/C25H28N4O4S/c1-4-29(3)34(31,32)19-7-9-20(23(14-19)33-5-2)18-13-22(24(26)28-15-18)16-6-8-21-17(12-16)10-11-27-25(21)30/h6-9,12-15H,4-5,10-11H2,1-3H3,(H2,26,28)(H,27,30). The van der Waals surface area contributed by atoms with Crippen molar-refractivity contribution in [1.82, 2.24) is 14.6 Å². The third-order valence-electron chi connectivity index (χ3n) is 5.98. The number of amides is 1. The van der Waals surface area contributed by atoms with Gasteiger partial charge in [0.2, 0.25) is 10.0 Å². The van der Waals surface area contributed by atoms with Gasteiger partial charge in [-0.3, -0.25) is 4.79 Å². The molecule has 1 aliphatic heterocycles. The number of hydrogen-bond donors (Lipinski definition) is 2. The summed E-state index contributed by atoms with van der Waals surface area (Å²) in [5.41, 5.74) is 10.9. The highest BCUT2D eigenvalue weighted by Crippen LogP contribution is 2.36. The monoisotopic (exact) mass is 480 g/mol. The number of benzene rings is 2. The summed E-state index contributed by atoms with van der Waals surface area (Å²) in [5.74, 6) is 0.746. The van der Waals surface area contributed by atoms with Crippen LogP contribution in [0.1, 0.15) is 29.8 Å². The molecule has 3 aromatic rings. The minimum atomic E-state index is -3.61. The molecule has 9 heteroatoms. The smallest absolute Gasteiger partial charge is 0.251 e. The second kappa shape index (κ2) is 9.44. The van der Waals surface area contributed by atoms with Crippen molar-refractivity contribution in [1.29, 1.82) is 0 Å². The SMILES string of the molecule is CCOc1cc(S(=O)(=O)N(C)CC)ccc1-c1cnc(N)c(-c2ccc3c(c2)CCNC3=O)c1. The van der Waals surface area contributed by atoms with Gasteiger partial charge in [0, 0.05) is 54.7 Å². The summed E-state index contributed by atoms with van der Waals surface area (Å²) in [6, 6.07) is 12.4. The van der Waals surface area contributed by atoms with Crippen LogP contribution in [0.15, 0.2) is 53.6 Å². The van der Waals surface area contributed by atoms with Crippen LogP contribution in [0.5, 0.6) is 5.75 Å². The van der Waals surface area contributed by atoms with Gasteiger partial charge >= 0.3 is 0 Å². The highest BCUT2D eigenvalue weighted by molar-refractivity contribution is 7.89. The largest absolute Gasteiger partial charge is 0.493 e. The molecule has 0 fully saturated rings. The van der Waals surface area contributed by atoms with Crippen LogP contribution in [-0.4, -0.2) is 50.4 Å². The number of carbonyl (C=O) groups is 1. The average molecular weight is 481 g/mol. The fourth-order valence-corrected chi connectivity index (χ4v) is 5.17. The Morgan fingerprint density at radius 3 is 2.56 bits per heavy atom. The number of aromatic nitrogens is 1. The molecule has 0 atom stereocenters. The van der Waals surface area contributed by atoms with E-state index in [1.807, 2.05) is 25.1 Å². The van der Waals surface area contributed by atoms with Gasteiger partial charge in [0.15, 0.2) is 0 Å². The molecule has 0 unspecified atom stereocenters. The van der Waals surface area contributed by atoms with E-state index in [9.17, 15) is 13.2 Å². The van der Waals surface area contributed by atoms with E-state index in [1.54, 1.807) is 44.4 Å². The van der Waals surface area contributed by atoms with Crippen LogP contribution in [-0.2, 0) is 16.4 Å². The highest BCUT2D eigenvalue weighted by Gasteiger charge is 2.22. The zero-order valence-corrected chi connectivity index (χ0v) is 20.3. The summed E-state index contributed by atoms with van der Waals surface area (Å²) in [4.78, 5) is 16.6. The Balaban J connectivity index is 1.79. The van der Waals surface area contributed by atoms with E-state index in [1.165, 1.54) is 4.31 Å². The number of sulfonamides is 1. The van der Waals surface area contributed by atoms with Gasteiger partial charge in [-0.05, 0) is 48.7 Å². The molecule has 2 heterocycles. The van der Waals surface area contributed by atoms with E-state index in [2.05, 4.69) is 10.3 Å². The number of rotatable bonds is 7. The zero-order chi connectivity index (χ0) is 24.5. The van der Waals surface area contributed by atoms with Crippen molar-refractivity contribution in [2.24, 2.45) is 0 Å². The van der Waals surface area contributed by atoms with Crippen molar-refractivity contribution in [3.63, 3.8) is 0 Å². The van der Waals surface area contributed by atoms with Crippen LogP contribution in [0, 0.1) is 0 Å². The molecular weight excluding hydrogens is 452 g/mol. The van der Waals surface area contributed by atoms with Crippen molar-refractivity contribution in [3.05, 3.63) is 59.8 Å². The minimum Gasteiger partial charge on any atom is -0.493 e. The molecule has 0 aliphatic carbocycles. The van der Waals surface area contributed by atoms with Crippen LogP contribution in [0.3, 0.4) is 0 Å². The summed E-state index contributed by atoms with van der Waals surface area (Å²) in [7, 11) is -2.07. The minimum absolute atomic E-state index is 0.0715. The molecule has 1 amide bonds. The Morgan fingerprint density at radius 2 is 1.82 bits per heavy atom. The Bertz CT molecular complexity index is 1360. The maximum atomic E-state index is 12.8. The lowest BCUT2D eigenvalue weighted by atomic mass is 9.94. The maximum absolute atomic E-state index is 12.8. The quantitative estimate of drug-likeness (QED) is 0.536. The number of ether oxygens (including phenoxy) is 1. The van der Waals surface area contributed by atoms with Gasteiger partial charge in [-0.15, -0.1) is 0 Å². The number of pyridine rings is 1. The first-order valence-electron chi connectivity index (χ1n) is 11.2. The highest BCUT2D eigenvalue weighted by atomic mass is 32.2. The van der Waals surface area contributed by atoms with E-state index in [-0.39, 0.29) is 10.8 Å². The number of carbonyl (C=O) groups excluding carboxylic acids is 1. The summed E-state index contributed by atoms with van der Waals surface area (Å²) in [6.45, 7) is 4.97. The number of hydrogen-bond acceptors (Lipinski definition) is 6. The first-order chi connectivity index (χ1) is 16.3. The lowest BCUT2D eigenvalue weighted by molar-refractivity contribution is 0.0946. The molecule has 0 spiro atoms. The fraction of sp³-hybridized carbons (Fsp3) is 0.280. The van der Waals surface area contributed by atoms with Gasteiger partial charge in [0.05, 0.1) is 11.5 Å². The molecule has 1 aromatic heterocycles. The van der Waals surface area contributed by atoms with Gasteiger partial charge in [-0.25, -0.2) is 17.7 Å². The van der Waals surface area contributed by atoms with Gasteiger partial charge in [0.1, 0.15) is 11.6 Å². The van der Waals surface area contributed by atoms with Crippen molar-refractivity contribution in [3.8, 4) is 28.0 Å². The van der Waals surface area contributed by atoms with Crippen LogP contribution in [0.4, 0.5) is 5.82 Å². The second-order valence-electron chi connectivity index (χ2n) is 8.04. The lowest BCUT2D eigenvalue weighted by Gasteiger charge is -2.19. The summed E-state index contributed by atoms with van der Waals surface area (Å²) >= 11 is 0. The van der Waals surface area contributed by atoms with Crippen molar-refractivity contribution in [2.75, 3.05) is 32.5 Å². The van der Waals surface area contributed by atoms with Gasteiger partial charge < -0.3 is 15.8 Å². The molecular formula is C25H28N4O4S. The molecule has 4 rings (SSSR count). The molecule has 0 radical (unpaired) electrons. The first kappa shape index (κ1) is 23.7. The van der Waals surface area contributed by atoms with Gasteiger partial charge in [0.25, 0.3) is 5.91 Å². The number of nitrogens with one attached hydrogen (secondary N) is 1. The van der Waals surface area contributed by atoms with Crippen molar-refractivity contribution in [2.45, 2.75) is 25.2 Å². The average Bonchev–Trinajstić information content (AvgIpc) is 2.84. The molecule has 8 nitrogen and oxygen atoms in total. The van der Waals surface area contributed by atoms with E-state index >= 15 is 0 Å². The number of nitrogens with zero attached hydrogens (tertiary/aromatic N) is 2. The summed E-state index contributed by atoms with van der Waals surface area (Å²) in [6.07, 6.45) is 2.40. The lowest BCUT2D eigenvalue weighted by Crippen LogP contribution is -2.31. The molecule has 3 N–H and O–H groups in total. The maximum Gasteiger partial charge on any atom is 0.251 e. The van der Waals surface area contributed by atoms with Gasteiger partial charge in [-0.2, -0.15) is 0 Å². The fourth-order valence-electron chi connectivity index (χ4n) is 3.98. The topological polar surface area (TPSA) is 115 Å². The Kier molecular flexibility index (Phi) is 6.58. The predicted molar refractivity (Wildman–Crippen MR) is 132 cm³/mol. The van der Waals surface area contributed by atoms with E-state index in [4.69, 9.17) is 10.5 Å². The van der Waals surface area contributed by atoms with E-state index < -0.39 is 10.0 Å². The van der Waals surface area contributed by atoms with E-state index in [0.29, 0.717) is 42.4 Å². The van der Waals surface area contributed by atoms with Gasteiger partial charge in [-0.1, -0.05) is 19.1 Å². The Morgan fingerprint density at radius 1 is 1.06 bits per heavy atom. The van der Waals surface area contributed by atoms with Crippen LogP contribution < -0.4 is 15.8 Å². The summed E-state index contributed by atoms with van der Waals surface area (Å²) in [5, 5.41) is 2.85. The van der Waals surface area contributed by atoms with E-state index in [0.717, 1.165) is 28.7 Å². The van der Waals surface area contributed by atoms with Crippen molar-refractivity contribution >= 4 is 21.7 Å². The second-order valence-corrected chi connectivity index (χ2v) is 10.1. The molecule has 0 saturated heterocycles. The number of anilines is 1. The normalized spacial score (nSPS) is 13.5.